The molecule has 2 aliphatic rings. The van der Waals surface area contributed by atoms with E-state index >= 15 is 0 Å². The number of hydrogen-bond donors (Lipinski definition) is 2. The number of carboxylic acids is 1. The van der Waals surface area contributed by atoms with Crippen LogP contribution in [-0.4, -0.2) is 46.5 Å². The molecule has 4 atom stereocenters. The SMILES string of the molecule is O=C(O)CSCCCC[C@@H]1[C@H](CO)[C@@H]2CC[C@H]1O2. The molecule has 2 aliphatic heterocycles. The quantitative estimate of drug-likeness (QED) is 0.660. The summed E-state index contributed by atoms with van der Waals surface area (Å²) in [7, 11) is 0. The molecule has 2 heterocycles. The molecule has 104 valence electrons. The van der Waals surface area contributed by atoms with Crippen LogP contribution in [0.1, 0.15) is 32.1 Å². The first-order valence-electron chi connectivity index (χ1n) is 6.78. The minimum absolute atomic E-state index is 0.205. The highest BCUT2D eigenvalue weighted by Crippen LogP contribution is 2.45. The number of thioether (sulfide) groups is 1. The van der Waals surface area contributed by atoms with E-state index in [0.29, 0.717) is 24.0 Å². The van der Waals surface area contributed by atoms with E-state index in [2.05, 4.69) is 0 Å². The standard InChI is InChI=1S/C13H22O4S/c14-7-10-9(11-4-5-12(10)17-11)3-1-2-6-18-8-13(15)16/h9-12,14H,1-8H2,(H,15,16)/t9-,10+,11-,12+/m1/s1. The maximum atomic E-state index is 10.3. The van der Waals surface area contributed by atoms with E-state index in [4.69, 9.17) is 9.84 Å². The molecule has 0 aliphatic carbocycles. The van der Waals surface area contributed by atoms with E-state index in [1.54, 1.807) is 0 Å². The maximum absolute atomic E-state index is 10.3. The summed E-state index contributed by atoms with van der Waals surface area (Å²) < 4.78 is 5.86. The van der Waals surface area contributed by atoms with E-state index < -0.39 is 5.97 Å². The Labute approximate surface area is 112 Å². The number of ether oxygens (including phenoxy) is 1. The van der Waals surface area contributed by atoms with E-state index in [-0.39, 0.29) is 12.4 Å². The molecule has 0 amide bonds. The average molecular weight is 274 g/mol. The lowest BCUT2D eigenvalue weighted by Gasteiger charge is -2.26. The molecule has 0 aromatic heterocycles. The van der Waals surface area contributed by atoms with Gasteiger partial charge in [-0.1, -0.05) is 6.42 Å². The van der Waals surface area contributed by atoms with E-state index in [9.17, 15) is 9.90 Å². The monoisotopic (exact) mass is 274 g/mol. The fourth-order valence-electron chi connectivity index (χ4n) is 3.27. The number of fused-ring (bicyclic) bond motifs is 2. The van der Waals surface area contributed by atoms with Gasteiger partial charge in [-0.3, -0.25) is 4.79 Å². The molecule has 0 aromatic rings. The highest BCUT2D eigenvalue weighted by molar-refractivity contribution is 7.99. The first kappa shape index (κ1) is 14.2. The Bertz CT molecular complexity index is 284. The van der Waals surface area contributed by atoms with Gasteiger partial charge in [-0.05, 0) is 37.4 Å². The number of aliphatic carboxylic acids is 1. The van der Waals surface area contributed by atoms with Crippen LogP contribution < -0.4 is 0 Å². The molecule has 2 N–H and O–H groups in total. The van der Waals surface area contributed by atoms with Crippen molar-refractivity contribution in [2.45, 2.75) is 44.3 Å². The second kappa shape index (κ2) is 6.78. The van der Waals surface area contributed by atoms with Crippen LogP contribution in [0.4, 0.5) is 0 Å². The zero-order valence-corrected chi connectivity index (χ0v) is 11.4. The number of aliphatic hydroxyl groups excluding tert-OH is 1. The van der Waals surface area contributed by atoms with Crippen molar-refractivity contribution in [3.8, 4) is 0 Å². The summed E-state index contributed by atoms with van der Waals surface area (Å²) in [5, 5.41) is 17.9. The lowest BCUT2D eigenvalue weighted by Crippen LogP contribution is -2.29. The molecule has 4 nitrogen and oxygen atoms in total. The van der Waals surface area contributed by atoms with Gasteiger partial charge in [0.2, 0.25) is 0 Å². The Morgan fingerprint density at radius 2 is 1.94 bits per heavy atom. The Morgan fingerprint density at radius 1 is 1.22 bits per heavy atom. The molecular weight excluding hydrogens is 252 g/mol. The predicted octanol–water partition coefficient (Wildman–Crippen LogP) is 1.76. The summed E-state index contributed by atoms with van der Waals surface area (Å²) in [6.07, 6.45) is 6.22. The van der Waals surface area contributed by atoms with Gasteiger partial charge < -0.3 is 14.9 Å². The number of unbranched alkanes of at least 4 members (excludes halogenated alkanes) is 1. The lowest BCUT2D eigenvalue weighted by molar-refractivity contribution is -0.133. The van der Waals surface area contributed by atoms with Crippen LogP contribution in [0.2, 0.25) is 0 Å². The summed E-state index contributed by atoms with van der Waals surface area (Å²) in [6.45, 7) is 0.250. The van der Waals surface area contributed by atoms with Gasteiger partial charge in [0.15, 0.2) is 0 Å². The summed E-state index contributed by atoms with van der Waals surface area (Å²) in [4.78, 5) is 10.3. The smallest absolute Gasteiger partial charge is 0.313 e. The third kappa shape index (κ3) is 3.39. The highest BCUT2D eigenvalue weighted by Gasteiger charge is 2.47. The fourth-order valence-corrected chi connectivity index (χ4v) is 3.99. The third-order valence-corrected chi connectivity index (χ3v) is 5.13. The average Bonchev–Trinajstić information content (AvgIpc) is 2.93. The summed E-state index contributed by atoms with van der Waals surface area (Å²) in [6, 6.07) is 0. The Hall–Kier alpha value is -0.260. The second-order valence-electron chi connectivity index (χ2n) is 5.24. The Balaban J connectivity index is 1.60. The topological polar surface area (TPSA) is 66.8 Å². The molecular formula is C13H22O4S. The van der Waals surface area contributed by atoms with Gasteiger partial charge in [0.25, 0.3) is 0 Å². The second-order valence-corrected chi connectivity index (χ2v) is 6.35. The van der Waals surface area contributed by atoms with Gasteiger partial charge in [-0.25, -0.2) is 0 Å². The molecule has 0 radical (unpaired) electrons. The summed E-state index contributed by atoms with van der Waals surface area (Å²) in [5.74, 6) is 1.25. The van der Waals surface area contributed by atoms with Crippen molar-refractivity contribution in [1.29, 1.82) is 0 Å². The molecule has 0 aromatic carbocycles. The maximum Gasteiger partial charge on any atom is 0.313 e. The van der Waals surface area contributed by atoms with Gasteiger partial charge in [-0.15, -0.1) is 0 Å². The van der Waals surface area contributed by atoms with Gasteiger partial charge in [0.05, 0.1) is 18.0 Å². The predicted molar refractivity (Wildman–Crippen MR) is 70.8 cm³/mol. The van der Waals surface area contributed by atoms with E-state index in [1.807, 2.05) is 0 Å². The number of aliphatic hydroxyl groups is 1. The van der Waals surface area contributed by atoms with Crippen molar-refractivity contribution in [2.75, 3.05) is 18.1 Å². The Morgan fingerprint density at radius 3 is 2.61 bits per heavy atom. The van der Waals surface area contributed by atoms with Gasteiger partial charge in [-0.2, -0.15) is 11.8 Å². The molecule has 2 rings (SSSR count). The summed E-state index contributed by atoms with van der Waals surface area (Å²) >= 11 is 1.49. The van der Waals surface area contributed by atoms with Crippen molar-refractivity contribution >= 4 is 17.7 Å². The van der Waals surface area contributed by atoms with Gasteiger partial charge in [0.1, 0.15) is 0 Å². The van der Waals surface area contributed by atoms with Crippen LogP contribution in [0.15, 0.2) is 0 Å². The first-order valence-corrected chi connectivity index (χ1v) is 7.93. The molecule has 0 spiro atoms. The van der Waals surface area contributed by atoms with Crippen LogP contribution >= 0.6 is 11.8 Å². The van der Waals surface area contributed by atoms with Crippen molar-refractivity contribution in [1.82, 2.24) is 0 Å². The molecule has 18 heavy (non-hydrogen) atoms. The highest BCUT2D eigenvalue weighted by atomic mass is 32.2. The zero-order chi connectivity index (χ0) is 13.0. The lowest BCUT2D eigenvalue weighted by atomic mass is 9.77. The molecule has 0 unspecified atom stereocenters. The molecule has 5 heteroatoms. The van der Waals surface area contributed by atoms with Gasteiger partial charge >= 0.3 is 5.97 Å². The first-order chi connectivity index (χ1) is 8.72. The van der Waals surface area contributed by atoms with Gasteiger partial charge in [0, 0.05) is 12.5 Å². The number of carboxylic acid groups (broad SMARTS) is 1. The minimum Gasteiger partial charge on any atom is -0.481 e. The third-order valence-electron chi connectivity index (χ3n) is 4.10. The molecule has 0 saturated carbocycles. The fraction of sp³-hybridized carbons (Fsp3) is 0.923. The van der Waals surface area contributed by atoms with E-state index in [0.717, 1.165) is 37.9 Å². The van der Waals surface area contributed by atoms with Crippen LogP contribution in [0.5, 0.6) is 0 Å². The number of rotatable bonds is 8. The largest absolute Gasteiger partial charge is 0.481 e. The van der Waals surface area contributed by atoms with Crippen LogP contribution in [-0.2, 0) is 9.53 Å². The van der Waals surface area contributed by atoms with Crippen molar-refractivity contribution < 1.29 is 19.7 Å². The Kier molecular flexibility index (Phi) is 5.33. The van der Waals surface area contributed by atoms with Crippen LogP contribution in [0.3, 0.4) is 0 Å². The molecule has 2 fully saturated rings. The van der Waals surface area contributed by atoms with Crippen LogP contribution in [0.25, 0.3) is 0 Å². The normalized spacial score (nSPS) is 34.1. The zero-order valence-electron chi connectivity index (χ0n) is 10.6. The van der Waals surface area contributed by atoms with E-state index in [1.165, 1.54) is 11.8 Å². The van der Waals surface area contributed by atoms with Crippen molar-refractivity contribution in [3.05, 3.63) is 0 Å². The molecule has 2 saturated heterocycles. The molecule has 2 bridgehead atoms. The van der Waals surface area contributed by atoms with Crippen molar-refractivity contribution in [3.63, 3.8) is 0 Å². The van der Waals surface area contributed by atoms with Crippen molar-refractivity contribution in [2.24, 2.45) is 11.8 Å². The minimum atomic E-state index is -0.734. The number of hydrogen-bond acceptors (Lipinski definition) is 4. The summed E-state index contributed by atoms with van der Waals surface area (Å²) in [5.41, 5.74) is 0. The van der Waals surface area contributed by atoms with Crippen LogP contribution in [0, 0.1) is 11.8 Å². The number of carbonyl (C=O) groups is 1.